The third-order valence-electron chi connectivity index (χ3n) is 2.03. The van der Waals surface area contributed by atoms with Crippen molar-refractivity contribution in [1.29, 1.82) is 0 Å². The van der Waals surface area contributed by atoms with E-state index in [0.29, 0.717) is 18.9 Å². The minimum absolute atomic E-state index is 0.469. The van der Waals surface area contributed by atoms with Crippen molar-refractivity contribution < 1.29 is 4.79 Å². The van der Waals surface area contributed by atoms with Crippen LogP contribution >= 0.6 is 0 Å². The van der Waals surface area contributed by atoms with Gasteiger partial charge in [0.05, 0.1) is 6.04 Å². The lowest BCUT2D eigenvalue weighted by atomic mass is 10.1. The number of nitrogens with zero attached hydrogens (tertiary/aromatic N) is 2. The fraction of sp³-hybridized carbons (Fsp3) is 0.500. The van der Waals surface area contributed by atoms with Crippen LogP contribution in [0.4, 0.5) is 5.95 Å². The molecule has 0 spiro atoms. The quantitative estimate of drug-likeness (QED) is 0.565. The van der Waals surface area contributed by atoms with E-state index in [1.807, 2.05) is 0 Å². The standard InChI is InChI=1S/C8H15N5O/c9-6(7(10)14)2-1-4-13-5-3-12-8(13)11/h3,5-6H,1-2,4,9H2,(H2,10,14)(H2,11,12). The lowest BCUT2D eigenvalue weighted by Crippen LogP contribution is -2.36. The fourth-order valence-corrected chi connectivity index (χ4v) is 1.15. The van der Waals surface area contributed by atoms with Crippen LogP contribution < -0.4 is 17.2 Å². The average molecular weight is 197 g/mol. The lowest BCUT2D eigenvalue weighted by molar-refractivity contribution is -0.119. The van der Waals surface area contributed by atoms with Crippen molar-refractivity contribution in [3.05, 3.63) is 12.4 Å². The molecule has 78 valence electrons. The smallest absolute Gasteiger partial charge is 0.234 e. The highest BCUT2D eigenvalue weighted by Gasteiger charge is 2.08. The minimum Gasteiger partial charge on any atom is -0.369 e. The maximum atomic E-state index is 10.6. The van der Waals surface area contributed by atoms with Crippen molar-refractivity contribution in [3.63, 3.8) is 0 Å². The van der Waals surface area contributed by atoms with Crippen LogP contribution in [0.25, 0.3) is 0 Å². The Morgan fingerprint density at radius 2 is 2.36 bits per heavy atom. The molecule has 1 unspecified atom stereocenters. The van der Waals surface area contributed by atoms with Gasteiger partial charge in [-0.1, -0.05) is 0 Å². The van der Waals surface area contributed by atoms with Crippen LogP contribution in [0.5, 0.6) is 0 Å². The number of amides is 1. The second-order valence-electron chi connectivity index (χ2n) is 3.13. The topological polar surface area (TPSA) is 113 Å². The highest BCUT2D eigenvalue weighted by molar-refractivity contribution is 5.79. The summed E-state index contributed by atoms with van der Waals surface area (Å²) in [6.45, 7) is 0.701. The first-order valence-corrected chi connectivity index (χ1v) is 4.42. The third kappa shape index (κ3) is 2.74. The number of hydrogen-bond acceptors (Lipinski definition) is 4. The first kappa shape index (κ1) is 10.5. The Labute approximate surface area is 82.1 Å². The maximum Gasteiger partial charge on any atom is 0.234 e. The Morgan fingerprint density at radius 1 is 1.64 bits per heavy atom. The molecule has 1 amide bonds. The van der Waals surface area contributed by atoms with Gasteiger partial charge >= 0.3 is 0 Å². The second-order valence-corrected chi connectivity index (χ2v) is 3.13. The van der Waals surface area contributed by atoms with Gasteiger partial charge in [0.15, 0.2) is 5.95 Å². The van der Waals surface area contributed by atoms with E-state index in [1.54, 1.807) is 17.0 Å². The van der Waals surface area contributed by atoms with E-state index >= 15 is 0 Å². The van der Waals surface area contributed by atoms with Gasteiger partial charge in [-0.2, -0.15) is 0 Å². The summed E-state index contributed by atoms with van der Waals surface area (Å²) >= 11 is 0. The van der Waals surface area contributed by atoms with Crippen molar-refractivity contribution >= 4 is 11.9 Å². The monoisotopic (exact) mass is 197 g/mol. The Hall–Kier alpha value is -1.56. The van der Waals surface area contributed by atoms with E-state index in [0.717, 1.165) is 6.42 Å². The molecule has 1 aromatic heterocycles. The number of rotatable bonds is 5. The van der Waals surface area contributed by atoms with Crippen LogP contribution in [0.2, 0.25) is 0 Å². The molecule has 1 aromatic rings. The number of nitrogens with two attached hydrogens (primary N) is 3. The molecular formula is C8H15N5O. The first-order chi connectivity index (χ1) is 6.61. The zero-order valence-electron chi connectivity index (χ0n) is 7.89. The van der Waals surface area contributed by atoms with Gasteiger partial charge in [-0.25, -0.2) is 4.98 Å². The zero-order chi connectivity index (χ0) is 10.6. The molecule has 14 heavy (non-hydrogen) atoms. The van der Waals surface area contributed by atoms with Crippen LogP contribution in [0.15, 0.2) is 12.4 Å². The highest BCUT2D eigenvalue weighted by atomic mass is 16.1. The van der Waals surface area contributed by atoms with E-state index in [-0.39, 0.29) is 0 Å². The van der Waals surface area contributed by atoms with Crippen LogP contribution in [-0.4, -0.2) is 21.5 Å². The number of imidazole rings is 1. The van der Waals surface area contributed by atoms with Crippen molar-refractivity contribution in [1.82, 2.24) is 9.55 Å². The number of carbonyl (C=O) groups is 1. The minimum atomic E-state index is -0.570. The fourth-order valence-electron chi connectivity index (χ4n) is 1.15. The largest absolute Gasteiger partial charge is 0.369 e. The average Bonchev–Trinajstić information content (AvgIpc) is 2.51. The molecule has 0 aliphatic rings. The molecule has 0 saturated carbocycles. The molecule has 1 atom stereocenters. The zero-order valence-corrected chi connectivity index (χ0v) is 7.89. The molecule has 1 heterocycles. The molecule has 6 heteroatoms. The van der Waals surface area contributed by atoms with Crippen LogP contribution in [0.3, 0.4) is 0 Å². The van der Waals surface area contributed by atoms with Crippen LogP contribution in [-0.2, 0) is 11.3 Å². The maximum absolute atomic E-state index is 10.6. The van der Waals surface area contributed by atoms with Gasteiger partial charge in [-0.05, 0) is 12.8 Å². The third-order valence-corrected chi connectivity index (χ3v) is 2.03. The molecule has 0 bridgehead atoms. The van der Waals surface area contributed by atoms with E-state index < -0.39 is 11.9 Å². The van der Waals surface area contributed by atoms with Gasteiger partial charge < -0.3 is 21.8 Å². The summed E-state index contributed by atoms with van der Waals surface area (Å²) in [6, 6.07) is -0.570. The number of aromatic nitrogens is 2. The molecular weight excluding hydrogens is 182 g/mol. The lowest BCUT2D eigenvalue weighted by Gasteiger charge is -2.07. The Balaban J connectivity index is 2.29. The van der Waals surface area contributed by atoms with Gasteiger partial charge in [0.25, 0.3) is 0 Å². The van der Waals surface area contributed by atoms with Gasteiger partial charge in [-0.3, -0.25) is 4.79 Å². The van der Waals surface area contributed by atoms with Crippen LogP contribution in [0, 0.1) is 0 Å². The molecule has 0 fully saturated rings. The van der Waals surface area contributed by atoms with E-state index in [9.17, 15) is 4.79 Å². The van der Waals surface area contributed by atoms with E-state index in [2.05, 4.69) is 4.98 Å². The number of aryl methyl sites for hydroxylation is 1. The number of hydrogen-bond donors (Lipinski definition) is 3. The van der Waals surface area contributed by atoms with Gasteiger partial charge in [0.2, 0.25) is 5.91 Å². The van der Waals surface area contributed by atoms with Gasteiger partial charge in [0.1, 0.15) is 0 Å². The number of anilines is 1. The summed E-state index contributed by atoms with van der Waals surface area (Å²) in [5, 5.41) is 0. The van der Waals surface area contributed by atoms with Gasteiger partial charge in [-0.15, -0.1) is 0 Å². The molecule has 0 aliphatic heterocycles. The SMILES string of the molecule is NC(=O)C(N)CCCn1ccnc1N. The number of primary amides is 1. The summed E-state index contributed by atoms with van der Waals surface area (Å²) in [5.74, 6) is 0.00116. The molecule has 0 aromatic carbocycles. The van der Waals surface area contributed by atoms with Crippen molar-refractivity contribution in [2.75, 3.05) is 5.73 Å². The Morgan fingerprint density at radius 3 is 2.86 bits per heavy atom. The predicted molar refractivity (Wildman–Crippen MR) is 53.0 cm³/mol. The predicted octanol–water partition coefficient (Wildman–Crippen LogP) is -0.942. The normalized spacial score (nSPS) is 12.6. The second kappa shape index (κ2) is 4.61. The highest BCUT2D eigenvalue weighted by Crippen LogP contribution is 2.03. The molecule has 0 aliphatic carbocycles. The van der Waals surface area contributed by atoms with E-state index in [4.69, 9.17) is 17.2 Å². The van der Waals surface area contributed by atoms with Crippen molar-refractivity contribution in [3.8, 4) is 0 Å². The Bertz CT molecular complexity index is 308. The van der Waals surface area contributed by atoms with Gasteiger partial charge in [0, 0.05) is 18.9 Å². The molecule has 6 N–H and O–H groups in total. The first-order valence-electron chi connectivity index (χ1n) is 4.42. The molecule has 6 nitrogen and oxygen atoms in total. The van der Waals surface area contributed by atoms with Crippen LogP contribution in [0.1, 0.15) is 12.8 Å². The molecule has 0 radical (unpaired) electrons. The van der Waals surface area contributed by atoms with Crippen molar-refractivity contribution in [2.45, 2.75) is 25.4 Å². The van der Waals surface area contributed by atoms with Crippen molar-refractivity contribution in [2.24, 2.45) is 11.5 Å². The number of carbonyl (C=O) groups excluding carboxylic acids is 1. The summed E-state index contributed by atoms with van der Waals surface area (Å²) in [5.41, 5.74) is 16.0. The summed E-state index contributed by atoms with van der Waals surface area (Å²) in [7, 11) is 0. The number of nitrogen functional groups attached to an aromatic ring is 1. The molecule has 1 rings (SSSR count). The Kier molecular flexibility index (Phi) is 3.47. The van der Waals surface area contributed by atoms with E-state index in [1.165, 1.54) is 0 Å². The summed E-state index contributed by atoms with van der Waals surface area (Å²) in [4.78, 5) is 14.5. The summed E-state index contributed by atoms with van der Waals surface area (Å²) in [6.07, 6.45) is 4.73. The molecule has 0 saturated heterocycles. The summed E-state index contributed by atoms with van der Waals surface area (Å²) < 4.78 is 1.80.